The summed E-state index contributed by atoms with van der Waals surface area (Å²) in [5.41, 5.74) is 1.27. The van der Waals surface area contributed by atoms with Gasteiger partial charge in [-0.1, -0.05) is 20.8 Å². The van der Waals surface area contributed by atoms with E-state index in [0.717, 1.165) is 11.3 Å². The SMILES string of the molecule is CC(C)(C)c1csc2ncc(C(=O)NCc3ccncc3)c(=O)n12. The van der Waals surface area contributed by atoms with Gasteiger partial charge in [-0.3, -0.25) is 19.0 Å². The Morgan fingerprint density at radius 2 is 2.00 bits per heavy atom. The van der Waals surface area contributed by atoms with E-state index >= 15 is 0 Å². The van der Waals surface area contributed by atoms with Gasteiger partial charge in [0.05, 0.1) is 0 Å². The Hall–Kier alpha value is -2.54. The Kier molecular flexibility index (Phi) is 4.19. The maximum atomic E-state index is 12.8. The highest BCUT2D eigenvalue weighted by molar-refractivity contribution is 7.15. The van der Waals surface area contributed by atoms with Crippen LogP contribution >= 0.6 is 11.3 Å². The van der Waals surface area contributed by atoms with Crippen molar-refractivity contribution in [2.45, 2.75) is 32.7 Å². The van der Waals surface area contributed by atoms with Gasteiger partial charge in [-0.15, -0.1) is 11.3 Å². The molecule has 0 aromatic carbocycles. The van der Waals surface area contributed by atoms with Crippen LogP contribution in [0.3, 0.4) is 0 Å². The lowest BCUT2D eigenvalue weighted by molar-refractivity contribution is 0.0949. The van der Waals surface area contributed by atoms with Crippen LogP contribution in [0.2, 0.25) is 0 Å². The van der Waals surface area contributed by atoms with Crippen LogP contribution in [0.25, 0.3) is 4.96 Å². The molecule has 0 aliphatic carbocycles. The molecule has 0 spiro atoms. The highest BCUT2D eigenvalue weighted by Gasteiger charge is 2.22. The predicted octanol–water partition coefficient (Wildman–Crippen LogP) is 2.38. The Morgan fingerprint density at radius 1 is 1.29 bits per heavy atom. The molecule has 6 nitrogen and oxygen atoms in total. The number of hydrogen-bond acceptors (Lipinski definition) is 5. The lowest BCUT2D eigenvalue weighted by Crippen LogP contribution is -2.32. The van der Waals surface area contributed by atoms with E-state index in [4.69, 9.17) is 0 Å². The predicted molar refractivity (Wildman–Crippen MR) is 93.4 cm³/mol. The number of rotatable bonds is 3. The summed E-state index contributed by atoms with van der Waals surface area (Å²) in [6, 6.07) is 3.62. The molecule has 0 radical (unpaired) electrons. The molecular weight excluding hydrogens is 324 g/mol. The third-order valence-corrected chi connectivity index (χ3v) is 4.50. The van der Waals surface area contributed by atoms with E-state index in [-0.39, 0.29) is 16.5 Å². The summed E-state index contributed by atoms with van der Waals surface area (Å²) in [4.78, 5) is 33.9. The molecule has 3 aromatic rings. The fourth-order valence-electron chi connectivity index (χ4n) is 2.34. The summed E-state index contributed by atoms with van der Waals surface area (Å²) in [6.07, 6.45) is 4.67. The van der Waals surface area contributed by atoms with Crippen LogP contribution in [-0.4, -0.2) is 20.3 Å². The molecule has 0 atom stereocenters. The Labute approximate surface area is 143 Å². The molecule has 0 saturated carbocycles. The first-order valence-electron chi connectivity index (χ1n) is 7.55. The van der Waals surface area contributed by atoms with Crippen LogP contribution in [0, 0.1) is 0 Å². The first-order valence-corrected chi connectivity index (χ1v) is 8.43. The number of thiazole rings is 1. The van der Waals surface area contributed by atoms with Crippen molar-refractivity contribution in [2.24, 2.45) is 0 Å². The van der Waals surface area contributed by atoms with Gasteiger partial charge >= 0.3 is 0 Å². The Morgan fingerprint density at radius 3 is 2.67 bits per heavy atom. The lowest BCUT2D eigenvalue weighted by atomic mass is 9.93. The standard InChI is InChI=1S/C17H18N4O2S/c1-17(2,3)13-10-24-16-20-9-12(15(23)21(13)16)14(22)19-8-11-4-6-18-7-5-11/h4-7,9-10H,8H2,1-3H3,(H,19,22). The second-order valence-electron chi connectivity index (χ2n) is 6.50. The van der Waals surface area contributed by atoms with Crippen molar-refractivity contribution in [1.29, 1.82) is 0 Å². The van der Waals surface area contributed by atoms with Crippen LogP contribution in [0.15, 0.2) is 40.9 Å². The van der Waals surface area contributed by atoms with E-state index in [9.17, 15) is 9.59 Å². The number of amides is 1. The first-order chi connectivity index (χ1) is 11.4. The number of aromatic nitrogens is 3. The number of carbonyl (C=O) groups is 1. The topological polar surface area (TPSA) is 76.4 Å². The van der Waals surface area contributed by atoms with E-state index in [0.29, 0.717) is 11.5 Å². The second-order valence-corrected chi connectivity index (χ2v) is 7.34. The summed E-state index contributed by atoms with van der Waals surface area (Å²) in [5.74, 6) is -0.426. The van der Waals surface area contributed by atoms with Crippen molar-refractivity contribution in [3.05, 3.63) is 63.3 Å². The maximum Gasteiger partial charge on any atom is 0.271 e. The van der Waals surface area contributed by atoms with E-state index in [1.165, 1.54) is 21.9 Å². The molecule has 7 heteroatoms. The monoisotopic (exact) mass is 342 g/mol. The van der Waals surface area contributed by atoms with Crippen molar-refractivity contribution in [1.82, 2.24) is 19.7 Å². The van der Waals surface area contributed by atoms with Crippen LogP contribution in [0.1, 0.15) is 42.4 Å². The quantitative estimate of drug-likeness (QED) is 0.793. The zero-order valence-electron chi connectivity index (χ0n) is 13.7. The zero-order chi connectivity index (χ0) is 17.3. The summed E-state index contributed by atoms with van der Waals surface area (Å²) >= 11 is 1.40. The molecule has 0 unspecified atom stereocenters. The zero-order valence-corrected chi connectivity index (χ0v) is 14.6. The Balaban J connectivity index is 1.93. The van der Waals surface area contributed by atoms with E-state index in [2.05, 4.69) is 15.3 Å². The van der Waals surface area contributed by atoms with Crippen molar-refractivity contribution < 1.29 is 4.79 Å². The van der Waals surface area contributed by atoms with Crippen LogP contribution in [0.5, 0.6) is 0 Å². The minimum Gasteiger partial charge on any atom is -0.348 e. The number of nitrogens with zero attached hydrogens (tertiary/aromatic N) is 3. The van der Waals surface area contributed by atoms with Crippen molar-refractivity contribution in [3.63, 3.8) is 0 Å². The molecule has 0 fully saturated rings. The van der Waals surface area contributed by atoms with Crippen molar-refractivity contribution >= 4 is 22.2 Å². The van der Waals surface area contributed by atoms with Crippen molar-refractivity contribution in [2.75, 3.05) is 0 Å². The number of pyridine rings is 1. The molecular formula is C17H18N4O2S. The smallest absolute Gasteiger partial charge is 0.271 e. The normalized spacial score (nSPS) is 11.6. The molecule has 1 N–H and O–H groups in total. The first kappa shape index (κ1) is 16.3. The maximum absolute atomic E-state index is 12.8. The molecule has 124 valence electrons. The van der Waals surface area contributed by atoms with Gasteiger partial charge in [0.1, 0.15) is 5.56 Å². The summed E-state index contributed by atoms with van der Waals surface area (Å²) in [6.45, 7) is 6.41. The molecule has 3 aromatic heterocycles. The number of fused-ring (bicyclic) bond motifs is 1. The summed E-state index contributed by atoms with van der Waals surface area (Å²) < 4.78 is 1.53. The fourth-order valence-corrected chi connectivity index (χ4v) is 3.42. The summed E-state index contributed by atoms with van der Waals surface area (Å²) in [5, 5.41) is 4.67. The van der Waals surface area contributed by atoms with Gasteiger partial charge in [-0.25, -0.2) is 4.98 Å². The largest absolute Gasteiger partial charge is 0.348 e. The van der Waals surface area contributed by atoms with E-state index < -0.39 is 5.91 Å². The number of carbonyl (C=O) groups excluding carboxylic acids is 1. The highest BCUT2D eigenvalue weighted by atomic mass is 32.1. The number of hydrogen-bond donors (Lipinski definition) is 1. The molecule has 1 amide bonds. The van der Waals surface area contributed by atoms with Crippen LogP contribution in [0.4, 0.5) is 0 Å². The molecule has 0 aliphatic heterocycles. The molecule has 0 aliphatic rings. The van der Waals surface area contributed by atoms with Gasteiger partial charge in [0, 0.05) is 41.6 Å². The van der Waals surface area contributed by atoms with E-state index in [1.807, 2.05) is 38.3 Å². The van der Waals surface area contributed by atoms with Gasteiger partial charge in [0.25, 0.3) is 11.5 Å². The minimum atomic E-state index is -0.426. The van der Waals surface area contributed by atoms with Gasteiger partial charge in [-0.2, -0.15) is 0 Å². The van der Waals surface area contributed by atoms with Gasteiger partial charge < -0.3 is 5.32 Å². The summed E-state index contributed by atoms with van der Waals surface area (Å²) in [7, 11) is 0. The number of nitrogens with one attached hydrogen (secondary N) is 1. The third-order valence-electron chi connectivity index (χ3n) is 3.66. The lowest BCUT2D eigenvalue weighted by Gasteiger charge is -2.17. The van der Waals surface area contributed by atoms with Crippen LogP contribution in [-0.2, 0) is 12.0 Å². The molecule has 24 heavy (non-hydrogen) atoms. The van der Waals surface area contributed by atoms with Crippen molar-refractivity contribution in [3.8, 4) is 0 Å². The average molecular weight is 342 g/mol. The van der Waals surface area contributed by atoms with Gasteiger partial charge in [0.2, 0.25) is 0 Å². The molecule has 0 bridgehead atoms. The van der Waals surface area contributed by atoms with Gasteiger partial charge in [0.15, 0.2) is 4.96 Å². The Bertz CT molecular complexity index is 939. The third kappa shape index (κ3) is 3.07. The van der Waals surface area contributed by atoms with E-state index in [1.54, 1.807) is 12.4 Å². The second kappa shape index (κ2) is 6.16. The van der Waals surface area contributed by atoms with Gasteiger partial charge in [-0.05, 0) is 17.7 Å². The van der Waals surface area contributed by atoms with Crippen LogP contribution < -0.4 is 10.9 Å². The average Bonchev–Trinajstić information content (AvgIpc) is 2.99. The minimum absolute atomic E-state index is 0.0467. The highest BCUT2D eigenvalue weighted by Crippen LogP contribution is 2.25. The molecule has 3 heterocycles. The molecule has 0 saturated heterocycles. The molecule has 3 rings (SSSR count). The fraction of sp³-hybridized carbons (Fsp3) is 0.294.